The maximum atomic E-state index is 12.7. The summed E-state index contributed by atoms with van der Waals surface area (Å²) < 4.78 is 5.77. The second kappa shape index (κ2) is 8.02. The molecular formula is C22H19N3O3. The van der Waals surface area contributed by atoms with E-state index >= 15 is 0 Å². The first-order chi connectivity index (χ1) is 13.7. The molecule has 2 aromatic carbocycles. The van der Waals surface area contributed by atoms with Gasteiger partial charge in [-0.15, -0.1) is 0 Å². The summed E-state index contributed by atoms with van der Waals surface area (Å²) in [5.74, 6) is 0.800. The van der Waals surface area contributed by atoms with Crippen molar-refractivity contribution in [1.82, 2.24) is 15.3 Å². The van der Waals surface area contributed by atoms with Crippen molar-refractivity contribution in [3.8, 4) is 11.6 Å². The van der Waals surface area contributed by atoms with Crippen molar-refractivity contribution in [3.63, 3.8) is 0 Å². The minimum Gasteiger partial charge on any atom is -0.439 e. The monoisotopic (exact) mass is 373 g/mol. The normalized spacial score (nSPS) is 13.2. The van der Waals surface area contributed by atoms with Gasteiger partial charge in [-0.25, -0.2) is 9.97 Å². The van der Waals surface area contributed by atoms with Gasteiger partial charge in [0.15, 0.2) is 0 Å². The number of carbonyl (C=O) groups is 1. The van der Waals surface area contributed by atoms with Crippen molar-refractivity contribution in [3.05, 3.63) is 84.0 Å². The van der Waals surface area contributed by atoms with Crippen molar-refractivity contribution < 1.29 is 14.6 Å². The number of hydrogen-bond donors (Lipinski definition) is 2. The van der Waals surface area contributed by atoms with Gasteiger partial charge in [-0.1, -0.05) is 24.3 Å². The lowest BCUT2D eigenvalue weighted by Gasteiger charge is -2.12. The van der Waals surface area contributed by atoms with Crippen LogP contribution in [0.1, 0.15) is 28.9 Å². The molecule has 28 heavy (non-hydrogen) atoms. The Balaban J connectivity index is 1.59. The van der Waals surface area contributed by atoms with Crippen LogP contribution in [-0.2, 0) is 6.61 Å². The second-order valence-corrected chi connectivity index (χ2v) is 6.39. The van der Waals surface area contributed by atoms with E-state index in [0.29, 0.717) is 22.9 Å². The highest BCUT2D eigenvalue weighted by Crippen LogP contribution is 2.27. The molecule has 0 atom stereocenters. The van der Waals surface area contributed by atoms with Gasteiger partial charge in [0, 0.05) is 17.3 Å². The van der Waals surface area contributed by atoms with Gasteiger partial charge in [-0.3, -0.25) is 4.79 Å². The van der Waals surface area contributed by atoms with Crippen molar-refractivity contribution in [1.29, 1.82) is 0 Å². The number of nitrogens with one attached hydrogen (secondary N) is 1. The molecule has 6 nitrogen and oxygen atoms in total. The third-order valence-electron chi connectivity index (χ3n) is 4.43. The lowest BCUT2D eigenvalue weighted by molar-refractivity contribution is 0.0968. The Morgan fingerprint density at radius 2 is 2.07 bits per heavy atom. The van der Waals surface area contributed by atoms with Crippen LogP contribution in [0.25, 0.3) is 10.8 Å². The Kier molecular flexibility index (Phi) is 5.12. The topological polar surface area (TPSA) is 84.3 Å². The third-order valence-corrected chi connectivity index (χ3v) is 4.43. The molecule has 1 aliphatic rings. The minimum absolute atomic E-state index is 0.138. The SMILES string of the molecule is O=C(NC1=CCCC=C1)c1cccc2cc(Oc3cc(CO)ncn3)ccc12. The quantitative estimate of drug-likeness (QED) is 0.709. The van der Waals surface area contributed by atoms with Gasteiger partial charge in [0.2, 0.25) is 5.88 Å². The average molecular weight is 373 g/mol. The number of fused-ring (bicyclic) bond motifs is 1. The Morgan fingerprint density at radius 1 is 1.14 bits per heavy atom. The fourth-order valence-corrected chi connectivity index (χ4v) is 3.07. The lowest BCUT2D eigenvalue weighted by atomic mass is 10.0. The second-order valence-electron chi connectivity index (χ2n) is 6.39. The van der Waals surface area contributed by atoms with Crippen LogP contribution in [0.5, 0.6) is 11.6 Å². The molecule has 0 bridgehead atoms. The van der Waals surface area contributed by atoms with Crippen LogP contribution in [0.4, 0.5) is 0 Å². The number of hydrogen-bond acceptors (Lipinski definition) is 5. The van der Waals surface area contributed by atoms with Crippen molar-refractivity contribution in [2.24, 2.45) is 0 Å². The zero-order valence-electron chi connectivity index (χ0n) is 15.1. The van der Waals surface area contributed by atoms with Crippen molar-refractivity contribution in [2.75, 3.05) is 0 Å². The molecule has 0 fully saturated rings. The van der Waals surface area contributed by atoms with Crippen molar-refractivity contribution >= 4 is 16.7 Å². The summed E-state index contributed by atoms with van der Waals surface area (Å²) >= 11 is 0. The summed E-state index contributed by atoms with van der Waals surface area (Å²) in [7, 11) is 0. The molecule has 0 radical (unpaired) electrons. The van der Waals surface area contributed by atoms with Gasteiger partial charge in [0.05, 0.1) is 12.3 Å². The van der Waals surface area contributed by atoms with Gasteiger partial charge < -0.3 is 15.2 Å². The number of ether oxygens (including phenoxy) is 1. The van der Waals surface area contributed by atoms with Crippen LogP contribution in [0.15, 0.2) is 72.7 Å². The highest BCUT2D eigenvalue weighted by molar-refractivity contribution is 6.08. The van der Waals surface area contributed by atoms with E-state index in [4.69, 9.17) is 4.74 Å². The van der Waals surface area contributed by atoms with Gasteiger partial charge in [0.1, 0.15) is 12.1 Å². The first-order valence-corrected chi connectivity index (χ1v) is 9.03. The molecular weight excluding hydrogens is 354 g/mol. The number of rotatable bonds is 5. The number of nitrogens with zero attached hydrogens (tertiary/aromatic N) is 2. The van der Waals surface area contributed by atoms with E-state index in [2.05, 4.69) is 21.4 Å². The van der Waals surface area contributed by atoms with Crippen LogP contribution < -0.4 is 10.1 Å². The highest BCUT2D eigenvalue weighted by atomic mass is 16.5. The van der Waals surface area contributed by atoms with Crippen LogP contribution >= 0.6 is 0 Å². The van der Waals surface area contributed by atoms with E-state index in [1.54, 1.807) is 12.1 Å². The number of benzene rings is 2. The highest BCUT2D eigenvalue weighted by Gasteiger charge is 2.12. The van der Waals surface area contributed by atoms with Crippen LogP contribution in [0, 0.1) is 0 Å². The van der Waals surface area contributed by atoms with E-state index in [9.17, 15) is 9.90 Å². The maximum absolute atomic E-state index is 12.7. The summed E-state index contributed by atoms with van der Waals surface area (Å²) in [5, 5.41) is 13.9. The molecule has 4 rings (SSSR count). The van der Waals surface area contributed by atoms with E-state index in [1.165, 1.54) is 6.33 Å². The molecule has 3 aromatic rings. The molecule has 0 aliphatic heterocycles. The predicted octanol–water partition coefficient (Wildman–Crippen LogP) is 3.88. The zero-order chi connectivity index (χ0) is 19.3. The summed E-state index contributed by atoms with van der Waals surface area (Å²) in [6, 6.07) is 12.7. The van der Waals surface area contributed by atoms with Crippen LogP contribution in [-0.4, -0.2) is 21.0 Å². The Bertz CT molecular complexity index is 1090. The molecule has 6 heteroatoms. The number of aromatic nitrogens is 2. The van der Waals surface area contributed by atoms with Crippen LogP contribution in [0.3, 0.4) is 0 Å². The lowest BCUT2D eigenvalue weighted by Crippen LogP contribution is -2.22. The first kappa shape index (κ1) is 17.9. The summed E-state index contributed by atoms with van der Waals surface area (Å²) in [6.07, 6.45) is 9.29. The first-order valence-electron chi connectivity index (χ1n) is 9.03. The fraction of sp³-hybridized carbons (Fsp3) is 0.136. The number of aliphatic hydroxyl groups excluding tert-OH is 1. The Labute approximate surface area is 162 Å². The molecule has 0 saturated heterocycles. The molecule has 1 aliphatic carbocycles. The Morgan fingerprint density at radius 3 is 2.89 bits per heavy atom. The van der Waals surface area contributed by atoms with Crippen LogP contribution in [0.2, 0.25) is 0 Å². The third kappa shape index (κ3) is 3.92. The molecule has 0 saturated carbocycles. The molecule has 1 aromatic heterocycles. The number of aliphatic hydroxyl groups is 1. The summed E-state index contributed by atoms with van der Waals surface area (Å²) in [5.41, 5.74) is 1.92. The average Bonchev–Trinajstić information content (AvgIpc) is 2.74. The van der Waals surface area contributed by atoms with Gasteiger partial charge in [-0.2, -0.15) is 0 Å². The van der Waals surface area contributed by atoms with E-state index in [1.807, 2.05) is 42.5 Å². The zero-order valence-corrected chi connectivity index (χ0v) is 15.1. The largest absolute Gasteiger partial charge is 0.439 e. The Hall–Kier alpha value is -3.51. The minimum atomic E-state index is -0.180. The number of amides is 1. The van der Waals surface area contributed by atoms with E-state index < -0.39 is 0 Å². The molecule has 0 spiro atoms. The van der Waals surface area contributed by atoms with Gasteiger partial charge in [-0.05, 0) is 54.0 Å². The van der Waals surface area contributed by atoms with E-state index in [0.717, 1.165) is 29.3 Å². The predicted molar refractivity (Wildman–Crippen MR) is 106 cm³/mol. The molecule has 1 amide bonds. The summed E-state index contributed by atoms with van der Waals surface area (Å²) in [6.45, 7) is -0.180. The maximum Gasteiger partial charge on any atom is 0.256 e. The standard InChI is InChI=1S/C22H19N3O3/c26-13-17-12-21(24-14-23-17)28-18-9-10-19-15(11-18)5-4-8-20(19)22(27)25-16-6-2-1-3-7-16/h2,4-12,14,26H,1,3,13H2,(H,25,27). The van der Waals surface area contributed by atoms with Gasteiger partial charge in [0.25, 0.3) is 5.91 Å². The summed E-state index contributed by atoms with van der Waals surface area (Å²) in [4.78, 5) is 20.7. The molecule has 2 N–H and O–H groups in total. The molecule has 1 heterocycles. The molecule has 140 valence electrons. The fourth-order valence-electron chi connectivity index (χ4n) is 3.07. The van der Waals surface area contributed by atoms with Crippen molar-refractivity contribution in [2.45, 2.75) is 19.4 Å². The number of carbonyl (C=O) groups excluding carboxylic acids is 1. The smallest absolute Gasteiger partial charge is 0.256 e. The van der Waals surface area contributed by atoms with E-state index in [-0.39, 0.29) is 12.5 Å². The molecule has 0 unspecified atom stereocenters. The number of allylic oxidation sites excluding steroid dienone is 3. The van der Waals surface area contributed by atoms with Gasteiger partial charge >= 0.3 is 0 Å².